The van der Waals surface area contributed by atoms with E-state index in [1.165, 1.54) is 0 Å². The van der Waals surface area contributed by atoms with Crippen LogP contribution >= 0.6 is 0 Å². The number of guanidine groups is 1. The number of imidazole rings is 1. The third kappa shape index (κ3) is 5.51. The minimum absolute atomic E-state index is 0.582. The van der Waals surface area contributed by atoms with E-state index in [0.29, 0.717) is 19.0 Å². The zero-order valence-electron chi connectivity index (χ0n) is 18.2. The highest BCUT2D eigenvalue weighted by molar-refractivity contribution is 5.79. The lowest BCUT2D eigenvalue weighted by molar-refractivity contribution is 0.474. The predicted octanol–water partition coefficient (Wildman–Crippen LogP) is 4.23. The molecule has 2 N–H and O–H groups in total. The van der Waals surface area contributed by atoms with Gasteiger partial charge in [-0.2, -0.15) is 0 Å². The van der Waals surface area contributed by atoms with Crippen LogP contribution in [0, 0.1) is 6.92 Å². The van der Waals surface area contributed by atoms with E-state index in [-0.39, 0.29) is 0 Å². The molecule has 0 aliphatic carbocycles. The SMILES string of the molecule is CN=C(NCc1ccnc(-n2ccnc2)c1)NCc1ccc(C)cc1Oc1ccccc1. The minimum Gasteiger partial charge on any atom is -0.457 e. The van der Waals surface area contributed by atoms with Crippen molar-refractivity contribution in [2.24, 2.45) is 4.99 Å². The van der Waals surface area contributed by atoms with Crippen LogP contribution in [0.1, 0.15) is 16.7 Å². The van der Waals surface area contributed by atoms with Crippen LogP contribution in [0.3, 0.4) is 0 Å². The number of benzene rings is 2. The van der Waals surface area contributed by atoms with Gasteiger partial charge in [-0.05, 0) is 48.4 Å². The Kier molecular flexibility index (Phi) is 6.77. The average Bonchev–Trinajstić information content (AvgIpc) is 3.36. The number of hydrogen-bond donors (Lipinski definition) is 2. The Bertz CT molecular complexity index is 1170. The predicted molar refractivity (Wildman–Crippen MR) is 126 cm³/mol. The first kappa shape index (κ1) is 21.1. The molecule has 7 nitrogen and oxygen atoms in total. The Morgan fingerprint density at radius 3 is 2.62 bits per heavy atom. The van der Waals surface area contributed by atoms with Gasteiger partial charge in [0.2, 0.25) is 0 Å². The smallest absolute Gasteiger partial charge is 0.191 e. The number of pyridine rings is 1. The van der Waals surface area contributed by atoms with Gasteiger partial charge in [0.1, 0.15) is 23.6 Å². The first-order valence-corrected chi connectivity index (χ1v) is 10.4. The molecule has 0 saturated heterocycles. The molecular weight excluding hydrogens is 400 g/mol. The normalized spacial score (nSPS) is 11.2. The van der Waals surface area contributed by atoms with Gasteiger partial charge in [-0.3, -0.25) is 9.56 Å². The van der Waals surface area contributed by atoms with E-state index >= 15 is 0 Å². The quantitative estimate of drug-likeness (QED) is 0.342. The number of nitrogens with one attached hydrogen (secondary N) is 2. The molecule has 7 heteroatoms. The minimum atomic E-state index is 0.582. The first-order valence-electron chi connectivity index (χ1n) is 10.4. The van der Waals surface area contributed by atoms with E-state index in [2.05, 4.69) is 50.7 Å². The zero-order chi connectivity index (χ0) is 22.2. The van der Waals surface area contributed by atoms with Crippen LogP contribution in [0.2, 0.25) is 0 Å². The lowest BCUT2D eigenvalue weighted by Gasteiger charge is -2.15. The van der Waals surface area contributed by atoms with E-state index in [1.54, 1.807) is 25.8 Å². The summed E-state index contributed by atoms with van der Waals surface area (Å²) in [4.78, 5) is 12.8. The molecule has 32 heavy (non-hydrogen) atoms. The van der Waals surface area contributed by atoms with Crippen molar-refractivity contribution in [3.63, 3.8) is 0 Å². The summed E-state index contributed by atoms with van der Waals surface area (Å²) in [6, 6.07) is 20.0. The van der Waals surface area contributed by atoms with Crippen LogP contribution in [0.25, 0.3) is 5.82 Å². The summed E-state index contributed by atoms with van der Waals surface area (Å²) in [5, 5.41) is 6.73. The molecule has 0 aliphatic heterocycles. The second-order valence-electron chi connectivity index (χ2n) is 7.30. The molecule has 0 amide bonds. The van der Waals surface area contributed by atoms with Gasteiger partial charge in [-0.25, -0.2) is 9.97 Å². The van der Waals surface area contributed by atoms with Crippen LogP contribution in [0.15, 0.2) is 90.6 Å². The molecule has 0 aliphatic rings. The van der Waals surface area contributed by atoms with Crippen molar-refractivity contribution in [3.8, 4) is 17.3 Å². The molecular formula is C25H26N6O. The number of ether oxygens (including phenoxy) is 1. The van der Waals surface area contributed by atoms with Crippen molar-refractivity contribution in [3.05, 3.63) is 102 Å². The molecule has 0 radical (unpaired) electrons. The molecule has 4 rings (SSSR count). The van der Waals surface area contributed by atoms with Crippen molar-refractivity contribution in [1.82, 2.24) is 25.2 Å². The fourth-order valence-corrected chi connectivity index (χ4v) is 3.21. The van der Waals surface area contributed by atoms with Crippen molar-refractivity contribution in [2.75, 3.05) is 7.05 Å². The van der Waals surface area contributed by atoms with Crippen LogP contribution in [-0.2, 0) is 13.1 Å². The monoisotopic (exact) mass is 426 g/mol. The van der Waals surface area contributed by atoms with Crippen molar-refractivity contribution in [2.45, 2.75) is 20.0 Å². The van der Waals surface area contributed by atoms with Gasteiger partial charge in [0.15, 0.2) is 5.96 Å². The van der Waals surface area contributed by atoms with E-state index in [0.717, 1.165) is 34.0 Å². The zero-order valence-corrected chi connectivity index (χ0v) is 18.2. The summed E-state index contributed by atoms with van der Waals surface area (Å²) in [7, 11) is 1.76. The van der Waals surface area contributed by atoms with Crippen molar-refractivity contribution >= 4 is 5.96 Å². The highest BCUT2D eigenvalue weighted by Gasteiger charge is 2.08. The van der Waals surface area contributed by atoms with E-state index in [9.17, 15) is 0 Å². The highest BCUT2D eigenvalue weighted by Crippen LogP contribution is 2.26. The molecule has 2 aromatic carbocycles. The van der Waals surface area contributed by atoms with Gasteiger partial charge < -0.3 is 15.4 Å². The fourth-order valence-electron chi connectivity index (χ4n) is 3.21. The summed E-state index contributed by atoms with van der Waals surface area (Å²) < 4.78 is 8.00. The largest absolute Gasteiger partial charge is 0.457 e. The first-order chi connectivity index (χ1) is 15.7. The van der Waals surface area contributed by atoms with Crippen molar-refractivity contribution < 1.29 is 4.74 Å². The molecule has 0 spiro atoms. The molecule has 2 heterocycles. The second-order valence-corrected chi connectivity index (χ2v) is 7.30. The molecule has 2 aromatic heterocycles. The summed E-state index contributed by atoms with van der Waals surface area (Å²) in [6.07, 6.45) is 7.13. The summed E-state index contributed by atoms with van der Waals surface area (Å²) >= 11 is 0. The molecule has 0 atom stereocenters. The fraction of sp³-hybridized carbons (Fsp3) is 0.160. The van der Waals surface area contributed by atoms with Crippen LogP contribution in [-0.4, -0.2) is 27.5 Å². The van der Waals surface area contributed by atoms with E-state index in [1.807, 2.05) is 53.2 Å². The third-order valence-electron chi connectivity index (χ3n) is 4.90. The number of nitrogens with zero attached hydrogens (tertiary/aromatic N) is 4. The number of aryl methyl sites for hydroxylation is 1. The maximum absolute atomic E-state index is 6.12. The van der Waals surface area contributed by atoms with Gasteiger partial charge >= 0.3 is 0 Å². The van der Waals surface area contributed by atoms with Crippen LogP contribution < -0.4 is 15.4 Å². The summed E-state index contributed by atoms with van der Waals surface area (Å²) in [6.45, 7) is 3.26. The Morgan fingerprint density at radius 1 is 1.00 bits per heavy atom. The Morgan fingerprint density at radius 2 is 1.84 bits per heavy atom. The second kappa shape index (κ2) is 10.3. The number of hydrogen-bond acceptors (Lipinski definition) is 4. The average molecular weight is 427 g/mol. The molecule has 0 saturated carbocycles. The van der Waals surface area contributed by atoms with Crippen LogP contribution in [0.5, 0.6) is 11.5 Å². The summed E-state index contributed by atoms with van der Waals surface area (Å²) in [5.74, 6) is 3.18. The lowest BCUT2D eigenvalue weighted by atomic mass is 10.1. The molecule has 4 aromatic rings. The number of aliphatic imine (C=N–C) groups is 1. The maximum atomic E-state index is 6.12. The maximum Gasteiger partial charge on any atom is 0.191 e. The van der Waals surface area contributed by atoms with Gasteiger partial charge in [-0.15, -0.1) is 0 Å². The standard InChI is InChI=1S/C25H26N6O/c1-19-8-9-21(23(14-19)32-22-6-4-3-5-7-22)17-30-25(26-2)29-16-20-10-11-28-24(15-20)31-13-12-27-18-31/h3-15,18H,16-17H2,1-2H3,(H2,26,29,30). The van der Waals surface area contributed by atoms with E-state index < -0.39 is 0 Å². The topological polar surface area (TPSA) is 76.4 Å². The number of para-hydroxylation sites is 1. The third-order valence-corrected chi connectivity index (χ3v) is 4.90. The summed E-state index contributed by atoms with van der Waals surface area (Å²) in [5.41, 5.74) is 3.29. The highest BCUT2D eigenvalue weighted by atomic mass is 16.5. The Hall–Kier alpha value is -4.13. The lowest BCUT2D eigenvalue weighted by Crippen LogP contribution is -2.36. The number of rotatable bonds is 7. The van der Waals surface area contributed by atoms with Gasteiger partial charge in [0.05, 0.1) is 0 Å². The van der Waals surface area contributed by atoms with Crippen molar-refractivity contribution in [1.29, 1.82) is 0 Å². The Labute approximate surface area is 187 Å². The van der Waals surface area contributed by atoms with Gasteiger partial charge in [0, 0.05) is 44.3 Å². The molecule has 0 fully saturated rings. The van der Waals surface area contributed by atoms with Gasteiger partial charge in [-0.1, -0.05) is 30.3 Å². The van der Waals surface area contributed by atoms with E-state index in [4.69, 9.17) is 4.74 Å². The molecule has 162 valence electrons. The number of aromatic nitrogens is 3. The molecule has 0 bridgehead atoms. The molecule has 0 unspecified atom stereocenters. The van der Waals surface area contributed by atoms with Gasteiger partial charge in [0.25, 0.3) is 0 Å². The van der Waals surface area contributed by atoms with Crippen LogP contribution in [0.4, 0.5) is 0 Å². The Balaban J connectivity index is 1.39.